The molecule has 0 radical (unpaired) electrons. The molecule has 1 unspecified atom stereocenters. The second-order valence-electron chi connectivity index (χ2n) is 6.48. The van der Waals surface area contributed by atoms with Gasteiger partial charge in [-0.15, -0.1) is 24.8 Å². The molecule has 0 saturated carbocycles. The van der Waals surface area contributed by atoms with Crippen molar-refractivity contribution in [2.45, 2.75) is 45.1 Å². The highest BCUT2D eigenvalue weighted by atomic mass is 35.5. The molecule has 1 aliphatic heterocycles. The fraction of sp³-hybridized carbons (Fsp3) is 0.632. The third kappa shape index (κ3) is 7.95. The number of amides is 1. The lowest BCUT2D eigenvalue weighted by atomic mass is 10.1. The van der Waals surface area contributed by atoms with Gasteiger partial charge in [-0.05, 0) is 44.8 Å². The van der Waals surface area contributed by atoms with E-state index in [-0.39, 0.29) is 36.8 Å². The molecule has 1 aliphatic rings. The number of halogens is 2. The van der Waals surface area contributed by atoms with E-state index in [9.17, 15) is 4.79 Å². The third-order valence-electron chi connectivity index (χ3n) is 4.77. The molecular weight excluding hydrogens is 357 g/mol. The number of carbonyl (C=O) groups excluding carboxylic acids is 1. The van der Waals surface area contributed by atoms with Crippen LogP contribution in [0.3, 0.4) is 0 Å². The number of rotatable bonds is 7. The molecule has 1 heterocycles. The minimum atomic E-state index is -0.0320. The van der Waals surface area contributed by atoms with Gasteiger partial charge in [-0.2, -0.15) is 0 Å². The first-order valence-electron chi connectivity index (χ1n) is 8.99. The molecule has 2 rings (SSSR count). The topological polar surface area (TPSA) is 49.6 Å². The molecule has 144 valence electrons. The highest BCUT2D eigenvalue weighted by Crippen LogP contribution is 2.14. The molecule has 0 spiro atoms. The van der Waals surface area contributed by atoms with Gasteiger partial charge >= 0.3 is 0 Å². The zero-order valence-electron chi connectivity index (χ0n) is 15.2. The summed E-state index contributed by atoms with van der Waals surface area (Å²) in [6.45, 7) is 6.05. The van der Waals surface area contributed by atoms with Crippen molar-refractivity contribution in [2.75, 3.05) is 32.7 Å². The molecule has 1 atom stereocenters. The number of hydrogen-bond donors (Lipinski definition) is 1. The van der Waals surface area contributed by atoms with Gasteiger partial charge in [0.25, 0.3) is 0 Å². The average molecular weight is 390 g/mol. The molecule has 1 aromatic carbocycles. The maximum Gasteiger partial charge on any atom is 0.239 e. The molecule has 1 aromatic rings. The first kappa shape index (κ1) is 24.2. The zero-order valence-corrected chi connectivity index (χ0v) is 16.9. The van der Waals surface area contributed by atoms with E-state index >= 15 is 0 Å². The molecule has 0 aliphatic carbocycles. The van der Waals surface area contributed by atoms with E-state index in [0.29, 0.717) is 13.1 Å². The van der Waals surface area contributed by atoms with Crippen LogP contribution in [0.25, 0.3) is 0 Å². The summed E-state index contributed by atoms with van der Waals surface area (Å²) in [5.74, 6) is 0.230. The van der Waals surface area contributed by atoms with Gasteiger partial charge in [0.15, 0.2) is 0 Å². The monoisotopic (exact) mass is 389 g/mol. The number of nitrogens with two attached hydrogens (primary N) is 1. The molecule has 1 saturated heterocycles. The number of benzene rings is 1. The standard InChI is InChI=1S/C19H31N3O.2ClH/c1-17(21-13-7-2-3-8-14-21)19(23)22(16-12-20)15-11-18-9-5-4-6-10-18;;/h4-6,9-10,17H,2-3,7-8,11-16,20H2,1H3;2*1H. The van der Waals surface area contributed by atoms with Crippen molar-refractivity contribution in [3.05, 3.63) is 35.9 Å². The van der Waals surface area contributed by atoms with Crippen LogP contribution in [0.2, 0.25) is 0 Å². The highest BCUT2D eigenvalue weighted by Gasteiger charge is 2.25. The van der Waals surface area contributed by atoms with Gasteiger partial charge in [0.2, 0.25) is 5.91 Å². The van der Waals surface area contributed by atoms with Crippen LogP contribution in [0.4, 0.5) is 0 Å². The van der Waals surface area contributed by atoms with E-state index in [0.717, 1.165) is 26.1 Å². The van der Waals surface area contributed by atoms with Crippen LogP contribution in [0, 0.1) is 0 Å². The fourth-order valence-electron chi connectivity index (χ4n) is 3.30. The lowest BCUT2D eigenvalue weighted by Crippen LogP contribution is -2.49. The highest BCUT2D eigenvalue weighted by molar-refractivity contribution is 5.85. The number of likely N-dealkylation sites (tertiary alicyclic amines) is 1. The Morgan fingerprint density at radius 2 is 1.68 bits per heavy atom. The van der Waals surface area contributed by atoms with Gasteiger partial charge in [0.1, 0.15) is 0 Å². The molecule has 4 nitrogen and oxygen atoms in total. The Morgan fingerprint density at radius 3 is 2.24 bits per heavy atom. The molecular formula is C19H33Cl2N3O. The Labute approximate surface area is 164 Å². The Kier molecular flexibility index (Phi) is 13.0. The average Bonchev–Trinajstić information content (AvgIpc) is 2.87. The normalized spacial score (nSPS) is 16.1. The Hall–Kier alpha value is -0.810. The molecule has 25 heavy (non-hydrogen) atoms. The summed E-state index contributed by atoms with van der Waals surface area (Å²) in [6.07, 6.45) is 5.88. The number of nitrogens with zero attached hydrogens (tertiary/aromatic N) is 2. The van der Waals surface area contributed by atoms with Gasteiger partial charge in [-0.1, -0.05) is 43.2 Å². The van der Waals surface area contributed by atoms with Crippen LogP contribution < -0.4 is 5.73 Å². The Morgan fingerprint density at radius 1 is 1.08 bits per heavy atom. The van der Waals surface area contributed by atoms with E-state index in [1.165, 1.54) is 31.2 Å². The molecule has 1 amide bonds. The van der Waals surface area contributed by atoms with E-state index in [1.807, 2.05) is 23.1 Å². The van der Waals surface area contributed by atoms with Crippen LogP contribution >= 0.6 is 24.8 Å². The van der Waals surface area contributed by atoms with E-state index in [4.69, 9.17) is 5.73 Å². The predicted molar refractivity (Wildman–Crippen MR) is 110 cm³/mol. The molecule has 6 heteroatoms. The summed E-state index contributed by atoms with van der Waals surface area (Å²) in [5, 5.41) is 0. The van der Waals surface area contributed by atoms with Gasteiger partial charge in [0.05, 0.1) is 6.04 Å². The van der Waals surface area contributed by atoms with Crippen molar-refractivity contribution in [3.8, 4) is 0 Å². The lowest BCUT2D eigenvalue weighted by Gasteiger charge is -2.32. The van der Waals surface area contributed by atoms with Crippen molar-refractivity contribution in [2.24, 2.45) is 5.73 Å². The second-order valence-corrected chi connectivity index (χ2v) is 6.48. The predicted octanol–water partition coefficient (Wildman–Crippen LogP) is 3.12. The van der Waals surface area contributed by atoms with Crippen molar-refractivity contribution in [1.82, 2.24) is 9.80 Å². The summed E-state index contributed by atoms with van der Waals surface area (Å²) < 4.78 is 0. The van der Waals surface area contributed by atoms with Crippen molar-refractivity contribution >= 4 is 30.7 Å². The van der Waals surface area contributed by atoms with Gasteiger partial charge < -0.3 is 10.6 Å². The lowest BCUT2D eigenvalue weighted by molar-refractivity contribution is -0.136. The minimum Gasteiger partial charge on any atom is -0.340 e. The second kappa shape index (κ2) is 13.4. The maximum absolute atomic E-state index is 12.9. The quantitative estimate of drug-likeness (QED) is 0.778. The maximum atomic E-state index is 12.9. The van der Waals surface area contributed by atoms with Crippen LogP contribution in [-0.2, 0) is 11.2 Å². The SMILES string of the molecule is CC(C(=O)N(CCN)CCc1ccccc1)N1CCCCCC1.Cl.Cl. The van der Waals surface area contributed by atoms with Crippen LogP contribution in [-0.4, -0.2) is 54.5 Å². The molecule has 0 aromatic heterocycles. The molecule has 1 fully saturated rings. The largest absolute Gasteiger partial charge is 0.340 e. The van der Waals surface area contributed by atoms with Gasteiger partial charge in [-0.25, -0.2) is 0 Å². The van der Waals surface area contributed by atoms with Crippen molar-refractivity contribution in [1.29, 1.82) is 0 Å². The summed E-state index contributed by atoms with van der Waals surface area (Å²) in [7, 11) is 0. The summed E-state index contributed by atoms with van der Waals surface area (Å²) in [4.78, 5) is 17.2. The van der Waals surface area contributed by atoms with Gasteiger partial charge in [-0.3, -0.25) is 9.69 Å². The van der Waals surface area contributed by atoms with E-state index in [1.54, 1.807) is 0 Å². The molecule has 2 N–H and O–H groups in total. The van der Waals surface area contributed by atoms with Crippen LogP contribution in [0.5, 0.6) is 0 Å². The minimum absolute atomic E-state index is 0. The van der Waals surface area contributed by atoms with Crippen molar-refractivity contribution < 1.29 is 4.79 Å². The molecule has 0 bridgehead atoms. The third-order valence-corrected chi connectivity index (χ3v) is 4.77. The summed E-state index contributed by atoms with van der Waals surface area (Å²) in [5.41, 5.74) is 7.00. The van der Waals surface area contributed by atoms with Crippen LogP contribution in [0.1, 0.15) is 38.2 Å². The van der Waals surface area contributed by atoms with E-state index < -0.39 is 0 Å². The number of hydrogen-bond acceptors (Lipinski definition) is 3. The zero-order chi connectivity index (χ0) is 16.5. The van der Waals surface area contributed by atoms with Crippen molar-refractivity contribution in [3.63, 3.8) is 0 Å². The first-order valence-corrected chi connectivity index (χ1v) is 8.99. The Bertz CT molecular complexity index is 465. The first-order chi connectivity index (χ1) is 11.2. The van der Waals surface area contributed by atoms with Gasteiger partial charge in [0, 0.05) is 19.6 Å². The van der Waals surface area contributed by atoms with Crippen LogP contribution in [0.15, 0.2) is 30.3 Å². The van der Waals surface area contributed by atoms with E-state index in [2.05, 4.69) is 24.0 Å². The smallest absolute Gasteiger partial charge is 0.239 e. The summed E-state index contributed by atoms with van der Waals surface area (Å²) >= 11 is 0. The number of carbonyl (C=O) groups is 1. The Balaban J connectivity index is 0.00000288. The summed E-state index contributed by atoms with van der Waals surface area (Å²) in [6, 6.07) is 10.3. The fourth-order valence-corrected chi connectivity index (χ4v) is 3.30.